The summed E-state index contributed by atoms with van der Waals surface area (Å²) in [4.78, 5) is 2.57. The highest BCUT2D eigenvalue weighted by molar-refractivity contribution is 6.30. The molecule has 1 aliphatic rings. The van der Waals surface area contributed by atoms with E-state index in [1.165, 1.54) is 44.6 Å². The van der Waals surface area contributed by atoms with Gasteiger partial charge in [0.05, 0.1) is 0 Å². The lowest BCUT2D eigenvalue weighted by atomic mass is 10.1. The highest BCUT2D eigenvalue weighted by Gasteiger charge is 2.07. The van der Waals surface area contributed by atoms with Gasteiger partial charge in [0.15, 0.2) is 0 Å². The molecule has 0 unspecified atom stereocenters. The van der Waals surface area contributed by atoms with Gasteiger partial charge in [0, 0.05) is 18.1 Å². The molecule has 0 aromatic heterocycles. The van der Waals surface area contributed by atoms with Gasteiger partial charge in [-0.25, -0.2) is 0 Å². The average molecular weight is 253 g/mol. The summed E-state index contributed by atoms with van der Waals surface area (Å²) in [6.45, 7) is 5.97. The average Bonchev–Trinajstić information content (AvgIpc) is 2.60. The van der Waals surface area contributed by atoms with Gasteiger partial charge >= 0.3 is 0 Å². The Balaban J connectivity index is 1.69. The van der Waals surface area contributed by atoms with Crippen molar-refractivity contribution in [3.05, 3.63) is 34.9 Å². The summed E-state index contributed by atoms with van der Waals surface area (Å²) in [5.41, 5.74) is 1.39. The predicted molar refractivity (Wildman–Crippen MR) is 73.7 cm³/mol. The van der Waals surface area contributed by atoms with Crippen LogP contribution in [0.15, 0.2) is 24.3 Å². The van der Waals surface area contributed by atoms with Crippen molar-refractivity contribution >= 4 is 11.6 Å². The minimum Gasteiger partial charge on any atom is -0.315 e. The molecule has 1 N–H and O–H groups in total. The fourth-order valence-corrected chi connectivity index (χ4v) is 2.41. The zero-order chi connectivity index (χ0) is 11.9. The first-order chi connectivity index (χ1) is 8.34. The number of aryl methyl sites for hydroxylation is 1. The van der Waals surface area contributed by atoms with E-state index in [1.807, 2.05) is 12.1 Å². The molecule has 3 heteroatoms. The molecule has 0 radical (unpaired) electrons. The van der Waals surface area contributed by atoms with Crippen LogP contribution in [-0.2, 0) is 6.42 Å². The fourth-order valence-electron chi connectivity index (χ4n) is 2.28. The van der Waals surface area contributed by atoms with Gasteiger partial charge in [-0.1, -0.05) is 23.7 Å². The van der Waals surface area contributed by atoms with E-state index >= 15 is 0 Å². The highest BCUT2D eigenvalue weighted by Crippen LogP contribution is 2.11. The molecule has 0 saturated carbocycles. The summed E-state index contributed by atoms with van der Waals surface area (Å²) in [6, 6.07) is 8.22. The van der Waals surface area contributed by atoms with Gasteiger partial charge in [-0.05, 0) is 56.6 Å². The molecule has 2 nitrogen and oxygen atoms in total. The number of hydrogen-bond acceptors (Lipinski definition) is 2. The molecule has 1 aromatic carbocycles. The summed E-state index contributed by atoms with van der Waals surface area (Å²) in [5.74, 6) is 0. The fraction of sp³-hybridized carbons (Fsp3) is 0.571. The van der Waals surface area contributed by atoms with E-state index in [2.05, 4.69) is 22.3 Å². The molecule has 0 aliphatic carbocycles. The Labute approximate surface area is 109 Å². The highest BCUT2D eigenvalue weighted by atomic mass is 35.5. The quantitative estimate of drug-likeness (QED) is 0.886. The summed E-state index contributed by atoms with van der Waals surface area (Å²) in [5, 5.41) is 4.26. The number of halogens is 1. The van der Waals surface area contributed by atoms with Crippen LogP contribution in [0.5, 0.6) is 0 Å². The van der Waals surface area contributed by atoms with Gasteiger partial charge in [-0.15, -0.1) is 0 Å². The summed E-state index contributed by atoms with van der Waals surface area (Å²) >= 11 is 5.87. The van der Waals surface area contributed by atoms with E-state index in [-0.39, 0.29) is 0 Å². The largest absolute Gasteiger partial charge is 0.315 e. The van der Waals surface area contributed by atoms with Crippen molar-refractivity contribution in [2.45, 2.75) is 19.3 Å². The Morgan fingerprint density at radius 1 is 1.12 bits per heavy atom. The molecule has 0 bridgehead atoms. The number of nitrogens with one attached hydrogen (secondary N) is 1. The van der Waals surface area contributed by atoms with Crippen LogP contribution in [0, 0.1) is 0 Å². The first-order valence-electron chi connectivity index (χ1n) is 6.52. The molecule has 0 amide bonds. The van der Waals surface area contributed by atoms with E-state index in [1.54, 1.807) is 0 Å². The molecule has 2 rings (SSSR count). The van der Waals surface area contributed by atoms with Crippen molar-refractivity contribution < 1.29 is 0 Å². The van der Waals surface area contributed by atoms with Gasteiger partial charge in [-0.2, -0.15) is 0 Å². The normalized spacial score (nSPS) is 17.9. The van der Waals surface area contributed by atoms with E-state index < -0.39 is 0 Å². The standard InChI is InChI=1S/C14H21ClN2/c15-14-6-4-13(5-7-14)3-1-10-17-11-2-8-16-9-12-17/h4-7,16H,1-3,8-12H2. The number of nitrogens with zero attached hydrogens (tertiary/aromatic N) is 1. The molecule has 94 valence electrons. The topological polar surface area (TPSA) is 15.3 Å². The SMILES string of the molecule is Clc1ccc(CCCN2CCCNCC2)cc1. The van der Waals surface area contributed by atoms with Crippen molar-refractivity contribution in [3.63, 3.8) is 0 Å². The number of rotatable bonds is 4. The molecule has 1 aliphatic heterocycles. The Bertz CT molecular complexity index is 315. The second kappa shape index (κ2) is 7.00. The lowest BCUT2D eigenvalue weighted by molar-refractivity contribution is 0.289. The van der Waals surface area contributed by atoms with Crippen molar-refractivity contribution in [2.75, 3.05) is 32.7 Å². The summed E-state index contributed by atoms with van der Waals surface area (Å²) in [7, 11) is 0. The van der Waals surface area contributed by atoms with Crippen molar-refractivity contribution in [1.29, 1.82) is 0 Å². The molecule has 1 saturated heterocycles. The first kappa shape index (κ1) is 12.9. The Morgan fingerprint density at radius 2 is 1.94 bits per heavy atom. The van der Waals surface area contributed by atoms with E-state index in [0.717, 1.165) is 18.0 Å². The van der Waals surface area contributed by atoms with Gasteiger partial charge in [0.2, 0.25) is 0 Å². The van der Waals surface area contributed by atoms with Crippen LogP contribution in [0.1, 0.15) is 18.4 Å². The molecular formula is C14H21ClN2. The third-order valence-electron chi connectivity index (χ3n) is 3.29. The van der Waals surface area contributed by atoms with E-state index in [4.69, 9.17) is 11.6 Å². The maximum Gasteiger partial charge on any atom is 0.0406 e. The molecule has 0 spiro atoms. The smallest absolute Gasteiger partial charge is 0.0406 e. The molecule has 17 heavy (non-hydrogen) atoms. The third kappa shape index (κ3) is 4.66. The van der Waals surface area contributed by atoms with Crippen LogP contribution in [0.2, 0.25) is 5.02 Å². The third-order valence-corrected chi connectivity index (χ3v) is 3.54. The molecular weight excluding hydrogens is 232 g/mol. The van der Waals surface area contributed by atoms with Gasteiger partial charge in [-0.3, -0.25) is 0 Å². The summed E-state index contributed by atoms with van der Waals surface area (Å²) < 4.78 is 0. The van der Waals surface area contributed by atoms with Crippen molar-refractivity contribution in [2.24, 2.45) is 0 Å². The van der Waals surface area contributed by atoms with Crippen molar-refractivity contribution in [3.8, 4) is 0 Å². The molecule has 1 heterocycles. The van der Waals surface area contributed by atoms with E-state index in [9.17, 15) is 0 Å². The molecule has 1 fully saturated rings. The Morgan fingerprint density at radius 3 is 2.76 bits per heavy atom. The van der Waals surface area contributed by atoms with Gasteiger partial charge in [0.1, 0.15) is 0 Å². The maximum atomic E-state index is 5.87. The maximum absolute atomic E-state index is 5.87. The summed E-state index contributed by atoms with van der Waals surface area (Å²) in [6.07, 6.45) is 3.67. The van der Waals surface area contributed by atoms with Crippen LogP contribution in [-0.4, -0.2) is 37.6 Å². The van der Waals surface area contributed by atoms with Crippen LogP contribution >= 0.6 is 11.6 Å². The number of hydrogen-bond donors (Lipinski definition) is 1. The molecule has 0 atom stereocenters. The second-order valence-electron chi connectivity index (χ2n) is 4.68. The minimum absolute atomic E-state index is 0.826. The van der Waals surface area contributed by atoms with Crippen LogP contribution in [0.3, 0.4) is 0 Å². The second-order valence-corrected chi connectivity index (χ2v) is 5.11. The van der Waals surface area contributed by atoms with Crippen LogP contribution in [0.25, 0.3) is 0 Å². The monoisotopic (exact) mass is 252 g/mol. The number of benzene rings is 1. The van der Waals surface area contributed by atoms with Gasteiger partial charge < -0.3 is 10.2 Å². The lowest BCUT2D eigenvalue weighted by Gasteiger charge is -2.19. The van der Waals surface area contributed by atoms with Gasteiger partial charge in [0.25, 0.3) is 0 Å². The zero-order valence-electron chi connectivity index (χ0n) is 10.3. The van der Waals surface area contributed by atoms with Crippen molar-refractivity contribution in [1.82, 2.24) is 10.2 Å². The zero-order valence-corrected chi connectivity index (χ0v) is 11.0. The van der Waals surface area contributed by atoms with E-state index in [0.29, 0.717) is 0 Å². The predicted octanol–water partition coefficient (Wildman–Crippen LogP) is 2.57. The van der Waals surface area contributed by atoms with Crippen LogP contribution < -0.4 is 5.32 Å². The molecule has 1 aromatic rings. The first-order valence-corrected chi connectivity index (χ1v) is 6.90. The van der Waals surface area contributed by atoms with Crippen LogP contribution in [0.4, 0.5) is 0 Å². The Hall–Kier alpha value is -0.570. The minimum atomic E-state index is 0.826. The Kier molecular flexibility index (Phi) is 5.30. The lowest BCUT2D eigenvalue weighted by Crippen LogP contribution is -2.29.